The Labute approximate surface area is 71.7 Å². The van der Waals surface area contributed by atoms with E-state index < -0.39 is 0 Å². The second-order valence-corrected chi connectivity index (χ2v) is 4.33. The molecular formula is C11H22. The molecule has 11 heavy (non-hydrogen) atoms. The minimum atomic E-state index is 0.454. The molecule has 0 aromatic heterocycles. The van der Waals surface area contributed by atoms with Gasteiger partial charge >= 0.3 is 0 Å². The average molecular weight is 154 g/mol. The summed E-state index contributed by atoms with van der Waals surface area (Å²) in [5.74, 6) is 0. The standard InChI is InChI=1S/C11H22/c1-6-10(7-2)8-9-11(3,4)5/h8H,6-7,9H2,1-5H3. The van der Waals surface area contributed by atoms with Gasteiger partial charge in [-0.25, -0.2) is 0 Å². The second-order valence-electron chi connectivity index (χ2n) is 4.33. The highest BCUT2D eigenvalue weighted by atomic mass is 14.1. The molecule has 0 aliphatic heterocycles. The van der Waals surface area contributed by atoms with Gasteiger partial charge in [0.2, 0.25) is 0 Å². The maximum atomic E-state index is 2.40. The van der Waals surface area contributed by atoms with Gasteiger partial charge in [-0.1, -0.05) is 46.3 Å². The summed E-state index contributed by atoms with van der Waals surface area (Å²) < 4.78 is 0. The van der Waals surface area contributed by atoms with Gasteiger partial charge < -0.3 is 0 Å². The van der Waals surface area contributed by atoms with E-state index in [0.717, 1.165) is 0 Å². The lowest BCUT2D eigenvalue weighted by atomic mass is 9.90. The predicted molar refractivity (Wildman–Crippen MR) is 52.7 cm³/mol. The van der Waals surface area contributed by atoms with Gasteiger partial charge in [-0.2, -0.15) is 0 Å². The molecule has 0 amide bonds. The normalized spacial score (nSPS) is 11.4. The van der Waals surface area contributed by atoms with Crippen LogP contribution in [-0.2, 0) is 0 Å². The Morgan fingerprint density at radius 3 is 1.82 bits per heavy atom. The van der Waals surface area contributed by atoms with Crippen molar-refractivity contribution >= 4 is 0 Å². The minimum Gasteiger partial charge on any atom is -0.0848 e. The fourth-order valence-electron chi connectivity index (χ4n) is 0.989. The van der Waals surface area contributed by atoms with E-state index in [1.165, 1.54) is 19.3 Å². The fourth-order valence-corrected chi connectivity index (χ4v) is 0.989. The monoisotopic (exact) mass is 154 g/mol. The third-order valence-corrected chi connectivity index (χ3v) is 1.91. The van der Waals surface area contributed by atoms with Gasteiger partial charge in [-0.15, -0.1) is 0 Å². The van der Waals surface area contributed by atoms with E-state index in [4.69, 9.17) is 0 Å². The summed E-state index contributed by atoms with van der Waals surface area (Å²) in [5.41, 5.74) is 2.05. The van der Waals surface area contributed by atoms with Crippen molar-refractivity contribution in [2.45, 2.75) is 53.9 Å². The molecule has 66 valence electrons. The van der Waals surface area contributed by atoms with E-state index in [2.05, 4.69) is 40.7 Å². The predicted octanol–water partition coefficient (Wildman–Crippen LogP) is 4.17. The molecule has 0 nitrogen and oxygen atoms in total. The molecule has 0 atom stereocenters. The first-order valence-electron chi connectivity index (χ1n) is 4.67. The largest absolute Gasteiger partial charge is 0.0848 e. The van der Waals surface area contributed by atoms with Gasteiger partial charge in [0, 0.05) is 0 Å². The summed E-state index contributed by atoms with van der Waals surface area (Å²) in [7, 11) is 0. The van der Waals surface area contributed by atoms with Gasteiger partial charge in [0.1, 0.15) is 0 Å². The molecule has 0 saturated heterocycles. The highest BCUT2D eigenvalue weighted by molar-refractivity contribution is 5.01. The van der Waals surface area contributed by atoms with E-state index in [0.29, 0.717) is 5.41 Å². The van der Waals surface area contributed by atoms with Crippen molar-refractivity contribution in [3.05, 3.63) is 11.6 Å². The molecule has 0 aliphatic rings. The zero-order valence-electron chi connectivity index (χ0n) is 8.70. The molecule has 0 aromatic rings. The molecule has 0 rings (SSSR count). The Morgan fingerprint density at radius 2 is 1.55 bits per heavy atom. The molecule has 0 unspecified atom stereocenters. The van der Waals surface area contributed by atoms with Gasteiger partial charge in [-0.05, 0) is 24.7 Å². The van der Waals surface area contributed by atoms with Crippen LogP contribution in [-0.4, -0.2) is 0 Å². The summed E-state index contributed by atoms with van der Waals surface area (Å²) in [6, 6.07) is 0. The van der Waals surface area contributed by atoms with E-state index in [9.17, 15) is 0 Å². The van der Waals surface area contributed by atoms with Crippen molar-refractivity contribution < 1.29 is 0 Å². The van der Waals surface area contributed by atoms with Gasteiger partial charge in [-0.3, -0.25) is 0 Å². The van der Waals surface area contributed by atoms with E-state index in [-0.39, 0.29) is 0 Å². The minimum absolute atomic E-state index is 0.454. The van der Waals surface area contributed by atoms with Crippen LogP contribution in [0.1, 0.15) is 53.9 Å². The molecular weight excluding hydrogens is 132 g/mol. The lowest BCUT2D eigenvalue weighted by molar-refractivity contribution is 0.419. The number of hydrogen-bond acceptors (Lipinski definition) is 0. The van der Waals surface area contributed by atoms with Crippen molar-refractivity contribution in [2.24, 2.45) is 5.41 Å². The zero-order chi connectivity index (χ0) is 8.91. The van der Waals surface area contributed by atoms with Gasteiger partial charge in [0.05, 0.1) is 0 Å². The number of rotatable bonds is 3. The Morgan fingerprint density at radius 1 is 1.09 bits per heavy atom. The van der Waals surface area contributed by atoms with Crippen molar-refractivity contribution in [3.63, 3.8) is 0 Å². The lowest BCUT2D eigenvalue weighted by Gasteiger charge is -2.15. The van der Waals surface area contributed by atoms with E-state index >= 15 is 0 Å². The van der Waals surface area contributed by atoms with Crippen molar-refractivity contribution in [2.75, 3.05) is 0 Å². The molecule has 0 fully saturated rings. The molecule has 0 heteroatoms. The smallest absolute Gasteiger partial charge is 0.0299 e. The zero-order valence-corrected chi connectivity index (χ0v) is 8.70. The summed E-state index contributed by atoms with van der Waals surface area (Å²) in [6.45, 7) is 11.3. The van der Waals surface area contributed by atoms with Crippen LogP contribution in [0.15, 0.2) is 11.6 Å². The van der Waals surface area contributed by atoms with Crippen LogP contribution < -0.4 is 0 Å². The third-order valence-electron chi connectivity index (χ3n) is 1.91. The van der Waals surface area contributed by atoms with Crippen molar-refractivity contribution in [1.82, 2.24) is 0 Å². The SMILES string of the molecule is CCC(=CCC(C)(C)C)CC. The first-order valence-corrected chi connectivity index (χ1v) is 4.67. The van der Waals surface area contributed by atoms with Crippen LogP contribution in [0.4, 0.5) is 0 Å². The maximum absolute atomic E-state index is 2.40. The Kier molecular flexibility index (Phi) is 4.48. The molecule has 0 spiro atoms. The molecule has 0 bridgehead atoms. The Hall–Kier alpha value is -0.260. The van der Waals surface area contributed by atoms with Crippen molar-refractivity contribution in [1.29, 1.82) is 0 Å². The summed E-state index contributed by atoms with van der Waals surface area (Å²) in [5, 5.41) is 0. The third kappa shape index (κ3) is 6.15. The highest BCUT2D eigenvalue weighted by Crippen LogP contribution is 2.21. The Bertz CT molecular complexity index is 117. The quantitative estimate of drug-likeness (QED) is 0.535. The van der Waals surface area contributed by atoms with Crippen LogP contribution in [0, 0.1) is 5.41 Å². The van der Waals surface area contributed by atoms with Crippen LogP contribution in [0.5, 0.6) is 0 Å². The molecule has 0 radical (unpaired) electrons. The van der Waals surface area contributed by atoms with Crippen LogP contribution in [0.2, 0.25) is 0 Å². The molecule has 0 saturated carbocycles. The summed E-state index contributed by atoms with van der Waals surface area (Å²) in [4.78, 5) is 0. The molecule has 0 aliphatic carbocycles. The first-order chi connectivity index (χ1) is 4.99. The van der Waals surface area contributed by atoms with E-state index in [1.54, 1.807) is 5.57 Å². The molecule has 0 N–H and O–H groups in total. The van der Waals surface area contributed by atoms with Gasteiger partial charge in [0.15, 0.2) is 0 Å². The first kappa shape index (κ1) is 10.7. The number of allylic oxidation sites excluding steroid dienone is 2. The second kappa shape index (κ2) is 4.58. The highest BCUT2D eigenvalue weighted by Gasteiger charge is 2.07. The van der Waals surface area contributed by atoms with E-state index in [1.807, 2.05) is 0 Å². The fraction of sp³-hybridized carbons (Fsp3) is 0.818. The summed E-state index contributed by atoms with van der Waals surface area (Å²) >= 11 is 0. The summed E-state index contributed by atoms with van der Waals surface area (Å²) in [6.07, 6.45) is 6.04. The molecule has 0 heterocycles. The van der Waals surface area contributed by atoms with Gasteiger partial charge in [0.25, 0.3) is 0 Å². The van der Waals surface area contributed by atoms with Crippen LogP contribution in [0.25, 0.3) is 0 Å². The average Bonchev–Trinajstić information content (AvgIpc) is 1.88. The topological polar surface area (TPSA) is 0 Å². The van der Waals surface area contributed by atoms with Crippen LogP contribution >= 0.6 is 0 Å². The lowest BCUT2D eigenvalue weighted by Crippen LogP contribution is -2.02. The number of hydrogen-bond donors (Lipinski definition) is 0. The maximum Gasteiger partial charge on any atom is -0.0299 e. The van der Waals surface area contributed by atoms with Crippen molar-refractivity contribution in [3.8, 4) is 0 Å². The molecule has 0 aromatic carbocycles. The van der Waals surface area contributed by atoms with Crippen LogP contribution in [0.3, 0.4) is 0 Å². The Balaban J connectivity index is 3.89.